The Morgan fingerprint density at radius 3 is 2.67 bits per heavy atom. The number of hydrogen-bond donors (Lipinski definition) is 2. The lowest BCUT2D eigenvalue weighted by molar-refractivity contribution is 0.582. The fraction of sp³-hybridized carbons (Fsp3) is 0.250. The Kier molecular flexibility index (Phi) is 3.20. The fourth-order valence-corrected chi connectivity index (χ4v) is 1.62. The summed E-state index contributed by atoms with van der Waals surface area (Å²) in [5, 5.41) is 0. The van der Waals surface area contributed by atoms with Gasteiger partial charge in [0.15, 0.2) is 0 Å². The highest BCUT2D eigenvalue weighted by atomic mass is 79.9. The standard InChI is InChI=1S/C8H10BrFN2/c9-5-2-1-3-6(10)8(5)7(12)4-11/h1-3,7H,4,11-12H2/t7-/m1/s1. The molecule has 0 radical (unpaired) electrons. The first-order valence-electron chi connectivity index (χ1n) is 3.56. The third-order valence-electron chi connectivity index (χ3n) is 1.62. The second kappa shape index (κ2) is 3.98. The Morgan fingerprint density at radius 2 is 2.17 bits per heavy atom. The number of hydrogen-bond acceptors (Lipinski definition) is 2. The number of nitrogens with two attached hydrogens (primary N) is 2. The van der Waals surface area contributed by atoms with Crippen molar-refractivity contribution in [2.24, 2.45) is 11.5 Å². The van der Waals surface area contributed by atoms with Gasteiger partial charge in [0.1, 0.15) is 5.82 Å². The summed E-state index contributed by atoms with van der Waals surface area (Å²) in [5.41, 5.74) is 11.4. The van der Waals surface area contributed by atoms with Crippen molar-refractivity contribution in [3.8, 4) is 0 Å². The Morgan fingerprint density at radius 1 is 1.50 bits per heavy atom. The highest BCUT2D eigenvalue weighted by molar-refractivity contribution is 9.10. The van der Waals surface area contributed by atoms with Crippen LogP contribution >= 0.6 is 15.9 Å². The molecule has 1 aromatic rings. The number of rotatable bonds is 2. The Balaban J connectivity index is 3.12. The van der Waals surface area contributed by atoms with Crippen molar-refractivity contribution in [2.45, 2.75) is 6.04 Å². The molecular weight excluding hydrogens is 223 g/mol. The van der Waals surface area contributed by atoms with Gasteiger partial charge in [-0.05, 0) is 12.1 Å². The molecular formula is C8H10BrFN2. The largest absolute Gasteiger partial charge is 0.329 e. The first-order chi connectivity index (χ1) is 5.66. The zero-order valence-electron chi connectivity index (χ0n) is 6.43. The highest BCUT2D eigenvalue weighted by Crippen LogP contribution is 2.23. The second-order valence-corrected chi connectivity index (χ2v) is 3.33. The zero-order valence-corrected chi connectivity index (χ0v) is 8.01. The molecule has 0 spiro atoms. The minimum absolute atomic E-state index is 0.236. The molecule has 1 rings (SSSR count). The van der Waals surface area contributed by atoms with Crippen molar-refractivity contribution < 1.29 is 4.39 Å². The van der Waals surface area contributed by atoms with Gasteiger partial charge < -0.3 is 11.5 Å². The van der Waals surface area contributed by atoms with Crippen molar-refractivity contribution in [1.29, 1.82) is 0 Å². The summed E-state index contributed by atoms with van der Waals surface area (Å²) in [4.78, 5) is 0. The smallest absolute Gasteiger partial charge is 0.129 e. The van der Waals surface area contributed by atoms with Crippen molar-refractivity contribution in [3.63, 3.8) is 0 Å². The first-order valence-corrected chi connectivity index (χ1v) is 4.35. The molecule has 0 amide bonds. The van der Waals surface area contributed by atoms with Gasteiger partial charge in [-0.15, -0.1) is 0 Å². The highest BCUT2D eigenvalue weighted by Gasteiger charge is 2.12. The van der Waals surface area contributed by atoms with Gasteiger partial charge in [0.05, 0.1) is 0 Å². The topological polar surface area (TPSA) is 52.0 Å². The maximum atomic E-state index is 13.1. The molecule has 2 nitrogen and oxygen atoms in total. The van der Waals surface area contributed by atoms with Crippen LogP contribution in [0.3, 0.4) is 0 Å². The van der Waals surface area contributed by atoms with Gasteiger partial charge in [-0.1, -0.05) is 22.0 Å². The van der Waals surface area contributed by atoms with E-state index in [4.69, 9.17) is 11.5 Å². The van der Waals surface area contributed by atoms with Gasteiger partial charge in [0, 0.05) is 22.6 Å². The minimum Gasteiger partial charge on any atom is -0.329 e. The molecule has 0 saturated heterocycles. The molecule has 4 N–H and O–H groups in total. The number of benzene rings is 1. The molecule has 12 heavy (non-hydrogen) atoms. The normalized spacial score (nSPS) is 13.0. The van der Waals surface area contributed by atoms with Crippen molar-refractivity contribution in [1.82, 2.24) is 0 Å². The second-order valence-electron chi connectivity index (χ2n) is 2.48. The molecule has 0 aromatic heterocycles. The lowest BCUT2D eigenvalue weighted by Crippen LogP contribution is -2.22. The summed E-state index contributed by atoms with van der Waals surface area (Å²) in [5.74, 6) is -0.317. The molecule has 0 unspecified atom stereocenters. The average molecular weight is 233 g/mol. The van der Waals surface area contributed by atoms with Crippen LogP contribution < -0.4 is 11.5 Å². The molecule has 0 fully saturated rings. The number of halogens is 2. The van der Waals surface area contributed by atoms with Gasteiger partial charge in [-0.2, -0.15) is 0 Å². The summed E-state index contributed by atoms with van der Waals surface area (Å²) >= 11 is 3.21. The fourth-order valence-electron chi connectivity index (χ4n) is 0.983. The summed E-state index contributed by atoms with van der Waals surface area (Å²) in [7, 11) is 0. The summed E-state index contributed by atoms with van der Waals surface area (Å²) in [6.07, 6.45) is 0. The van der Waals surface area contributed by atoms with Gasteiger partial charge in [0.25, 0.3) is 0 Å². The van der Waals surface area contributed by atoms with Crippen LogP contribution in [0.1, 0.15) is 11.6 Å². The first kappa shape index (κ1) is 9.64. The van der Waals surface area contributed by atoms with Crippen LogP contribution in [0.2, 0.25) is 0 Å². The molecule has 1 atom stereocenters. The van der Waals surface area contributed by atoms with E-state index in [1.54, 1.807) is 12.1 Å². The van der Waals surface area contributed by atoms with Crippen molar-refractivity contribution in [3.05, 3.63) is 34.1 Å². The van der Waals surface area contributed by atoms with Crippen LogP contribution in [0, 0.1) is 5.82 Å². The lowest BCUT2D eigenvalue weighted by Gasteiger charge is -2.11. The molecule has 0 aliphatic heterocycles. The van der Waals surface area contributed by atoms with Crippen LogP contribution in [0.4, 0.5) is 4.39 Å². The van der Waals surface area contributed by atoms with E-state index in [2.05, 4.69) is 15.9 Å². The van der Waals surface area contributed by atoms with E-state index in [0.717, 1.165) is 0 Å². The van der Waals surface area contributed by atoms with E-state index in [0.29, 0.717) is 10.0 Å². The van der Waals surface area contributed by atoms with Gasteiger partial charge in [0.2, 0.25) is 0 Å². The van der Waals surface area contributed by atoms with Crippen LogP contribution in [0.5, 0.6) is 0 Å². The SMILES string of the molecule is NC[C@@H](N)c1c(F)cccc1Br. The molecule has 4 heteroatoms. The van der Waals surface area contributed by atoms with Crippen LogP contribution in [-0.2, 0) is 0 Å². The maximum absolute atomic E-state index is 13.1. The van der Waals surface area contributed by atoms with Crippen LogP contribution in [-0.4, -0.2) is 6.54 Å². The molecule has 1 aromatic carbocycles. The van der Waals surface area contributed by atoms with E-state index >= 15 is 0 Å². The van der Waals surface area contributed by atoms with E-state index in [1.807, 2.05) is 0 Å². The summed E-state index contributed by atoms with van der Waals surface area (Å²) in [6, 6.07) is 4.29. The Hall–Kier alpha value is -0.450. The third-order valence-corrected chi connectivity index (χ3v) is 2.32. The Bertz CT molecular complexity index is 258. The van der Waals surface area contributed by atoms with Crippen molar-refractivity contribution >= 4 is 15.9 Å². The van der Waals surface area contributed by atoms with E-state index in [-0.39, 0.29) is 12.4 Å². The summed E-state index contributed by atoms with van der Waals surface area (Å²) < 4.78 is 13.8. The molecule has 0 heterocycles. The Labute approximate surface area is 78.9 Å². The predicted octanol–water partition coefficient (Wildman–Crippen LogP) is 1.55. The maximum Gasteiger partial charge on any atom is 0.129 e. The monoisotopic (exact) mass is 232 g/mol. The van der Waals surface area contributed by atoms with Gasteiger partial charge in [-0.25, -0.2) is 4.39 Å². The average Bonchev–Trinajstić information content (AvgIpc) is 2.03. The third kappa shape index (κ3) is 1.83. The molecule has 66 valence electrons. The van der Waals surface area contributed by atoms with E-state index < -0.39 is 6.04 Å². The molecule has 0 bridgehead atoms. The molecule has 0 aliphatic carbocycles. The quantitative estimate of drug-likeness (QED) is 0.814. The minimum atomic E-state index is -0.444. The van der Waals surface area contributed by atoms with Crippen LogP contribution in [0.15, 0.2) is 22.7 Å². The van der Waals surface area contributed by atoms with Crippen molar-refractivity contribution in [2.75, 3.05) is 6.54 Å². The summed E-state index contributed by atoms with van der Waals surface area (Å²) in [6.45, 7) is 0.236. The van der Waals surface area contributed by atoms with E-state index in [1.165, 1.54) is 6.07 Å². The van der Waals surface area contributed by atoms with Gasteiger partial charge in [-0.3, -0.25) is 0 Å². The molecule has 0 saturated carbocycles. The van der Waals surface area contributed by atoms with Gasteiger partial charge >= 0.3 is 0 Å². The molecule has 0 aliphatic rings. The lowest BCUT2D eigenvalue weighted by atomic mass is 10.1. The van der Waals surface area contributed by atoms with Crippen LogP contribution in [0.25, 0.3) is 0 Å². The zero-order chi connectivity index (χ0) is 9.14. The van der Waals surface area contributed by atoms with E-state index in [9.17, 15) is 4.39 Å². The predicted molar refractivity (Wildman–Crippen MR) is 50.1 cm³/mol.